The Morgan fingerprint density at radius 1 is 1.00 bits per heavy atom. The van der Waals surface area contributed by atoms with Gasteiger partial charge in [-0.15, -0.1) is 0 Å². The first kappa shape index (κ1) is 24.0. The van der Waals surface area contributed by atoms with Crippen LogP contribution < -0.4 is 24.3 Å². The van der Waals surface area contributed by atoms with Crippen LogP contribution in [0.3, 0.4) is 0 Å². The third-order valence-electron chi connectivity index (χ3n) is 9.30. The van der Waals surface area contributed by atoms with Crippen molar-refractivity contribution in [3.8, 4) is 23.0 Å². The third-order valence-corrected chi connectivity index (χ3v) is 9.30. The lowest BCUT2D eigenvalue weighted by Crippen LogP contribution is -2.78. The number of methoxy groups -OCH3 is 4. The van der Waals surface area contributed by atoms with E-state index >= 15 is 0 Å². The Balaban J connectivity index is 1.33. The van der Waals surface area contributed by atoms with Crippen molar-refractivity contribution in [2.75, 3.05) is 41.8 Å². The number of fused-ring (bicyclic) bond motifs is 4. The van der Waals surface area contributed by atoms with E-state index in [9.17, 15) is 4.79 Å². The number of benzene rings is 2. The molecule has 202 valence electrons. The zero-order chi connectivity index (χ0) is 26.3. The summed E-state index contributed by atoms with van der Waals surface area (Å²) in [5, 5.41) is 3.78. The van der Waals surface area contributed by atoms with Gasteiger partial charge in [0.2, 0.25) is 12.6 Å². The first-order chi connectivity index (χ1) is 18.5. The largest absolute Gasteiger partial charge is 0.493 e. The van der Waals surface area contributed by atoms with E-state index in [0.717, 1.165) is 35.6 Å². The number of hydrogen-bond donors (Lipinski definition) is 1. The molecule has 0 radical (unpaired) electrons. The predicted molar refractivity (Wildman–Crippen MR) is 132 cm³/mol. The average Bonchev–Trinajstić information content (AvgIpc) is 3.64. The van der Waals surface area contributed by atoms with E-state index < -0.39 is 34.9 Å². The number of carbonyl (C=O) groups is 1. The minimum Gasteiger partial charge on any atom is -0.493 e. The lowest BCUT2D eigenvalue weighted by molar-refractivity contribution is -0.326. The van der Waals surface area contributed by atoms with E-state index in [-0.39, 0.29) is 12.9 Å². The van der Waals surface area contributed by atoms with Crippen LogP contribution in [-0.2, 0) is 24.4 Å². The first-order valence-electron chi connectivity index (χ1n) is 12.8. The molecule has 2 bridgehead atoms. The molecule has 10 nitrogen and oxygen atoms in total. The molecule has 2 aromatic carbocycles. The maximum absolute atomic E-state index is 13.5. The number of hydrogen-bond acceptors (Lipinski definition) is 10. The van der Waals surface area contributed by atoms with Crippen molar-refractivity contribution in [3.05, 3.63) is 47.0 Å². The number of rotatable bonds is 6. The minimum absolute atomic E-state index is 0.194. The molecule has 5 aliphatic rings. The molecule has 3 heterocycles. The van der Waals surface area contributed by atoms with Gasteiger partial charge in [0.05, 0.1) is 31.4 Å². The summed E-state index contributed by atoms with van der Waals surface area (Å²) in [5.74, 6) is 0.740. The van der Waals surface area contributed by atoms with E-state index in [1.807, 2.05) is 6.07 Å². The molecule has 1 spiro atoms. The maximum Gasteiger partial charge on any atom is 0.338 e. The second kappa shape index (κ2) is 8.22. The molecule has 3 fully saturated rings. The van der Waals surface area contributed by atoms with Crippen molar-refractivity contribution in [3.63, 3.8) is 0 Å². The van der Waals surface area contributed by atoms with Gasteiger partial charge in [-0.25, -0.2) is 4.79 Å². The monoisotopic (exact) mass is 525 g/mol. The van der Waals surface area contributed by atoms with Gasteiger partial charge in [0.1, 0.15) is 12.2 Å². The van der Waals surface area contributed by atoms with Crippen LogP contribution in [0, 0.1) is 0 Å². The van der Waals surface area contributed by atoms with Gasteiger partial charge < -0.3 is 43.2 Å². The molecule has 1 saturated carbocycles. The highest BCUT2D eigenvalue weighted by atomic mass is 16.7. The number of esters is 1. The quantitative estimate of drug-likeness (QED) is 0.567. The van der Waals surface area contributed by atoms with Crippen molar-refractivity contribution in [2.45, 2.75) is 54.3 Å². The van der Waals surface area contributed by atoms with Crippen LogP contribution >= 0.6 is 0 Å². The highest BCUT2D eigenvalue weighted by Gasteiger charge is 2.81. The van der Waals surface area contributed by atoms with Gasteiger partial charge in [0.15, 0.2) is 23.0 Å². The molecule has 7 rings (SSSR count). The molecular weight excluding hydrogens is 494 g/mol. The van der Waals surface area contributed by atoms with E-state index in [1.54, 1.807) is 39.5 Å². The molecule has 3 aliphatic heterocycles. The topological polar surface area (TPSA) is 103 Å². The number of ether oxygens (including phenoxy) is 8. The normalized spacial score (nSPS) is 35.4. The Hall–Kier alpha value is -3.05. The fraction of sp³-hybridized carbons (Fsp3) is 0.536. The van der Waals surface area contributed by atoms with E-state index in [2.05, 4.69) is 11.4 Å². The van der Waals surface area contributed by atoms with E-state index in [0.29, 0.717) is 29.9 Å². The van der Waals surface area contributed by atoms with Crippen molar-refractivity contribution in [1.29, 1.82) is 0 Å². The average molecular weight is 526 g/mol. The van der Waals surface area contributed by atoms with Gasteiger partial charge in [-0.1, -0.05) is 0 Å². The fourth-order valence-electron chi connectivity index (χ4n) is 7.86. The maximum atomic E-state index is 13.5. The lowest BCUT2D eigenvalue weighted by atomic mass is 9.51. The Morgan fingerprint density at radius 3 is 2.53 bits per heavy atom. The fourth-order valence-corrected chi connectivity index (χ4v) is 7.86. The lowest BCUT2D eigenvalue weighted by Gasteiger charge is -2.59. The summed E-state index contributed by atoms with van der Waals surface area (Å²) in [6, 6.07) is 9.09. The van der Waals surface area contributed by atoms with Crippen molar-refractivity contribution in [2.24, 2.45) is 0 Å². The minimum atomic E-state index is -1.19. The number of nitrogens with one attached hydrogen (secondary N) is 1. The summed E-state index contributed by atoms with van der Waals surface area (Å²) in [7, 11) is 6.32. The molecule has 6 atom stereocenters. The summed E-state index contributed by atoms with van der Waals surface area (Å²) in [4.78, 5) is 13.5. The van der Waals surface area contributed by atoms with Gasteiger partial charge in [-0.05, 0) is 60.8 Å². The Morgan fingerprint density at radius 2 is 1.79 bits per heavy atom. The highest BCUT2D eigenvalue weighted by molar-refractivity contribution is 5.90. The van der Waals surface area contributed by atoms with Gasteiger partial charge in [0, 0.05) is 26.1 Å². The zero-order valence-electron chi connectivity index (χ0n) is 21.8. The van der Waals surface area contributed by atoms with Crippen molar-refractivity contribution >= 4 is 5.97 Å². The summed E-state index contributed by atoms with van der Waals surface area (Å²) in [6.07, 6.45) is 0.505. The molecule has 2 aliphatic carbocycles. The number of carbonyl (C=O) groups excluding carboxylic acids is 1. The van der Waals surface area contributed by atoms with Crippen LogP contribution in [0.4, 0.5) is 0 Å². The summed E-state index contributed by atoms with van der Waals surface area (Å²) in [5.41, 5.74) is 1.54. The zero-order valence-corrected chi connectivity index (χ0v) is 21.8. The van der Waals surface area contributed by atoms with E-state index in [1.165, 1.54) is 7.11 Å². The smallest absolute Gasteiger partial charge is 0.338 e. The molecule has 0 amide bonds. The van der Waals surface area contributed by atoms with Gasteiger partial charge in [0.25, 0.3) is 0 Å². The predicted octanol–water partition coefficient (Wildman–Crippen LogP) is 2.86. The second-order valence-electron chi connectivity index (χ2n) is 10.5. The van der Waals surface area contributed by atoms with Gasteiger partial charge >= 0.3 is 5.97 Å². The van der Waals surface area contributed by atoms with Gasteiger partial charge in [-0.2, -0.15) is 0 Å². The first-order valence-corrected chi connectivity index (χ1v) is 12.8. The van der Waals surface area contributed by atoms with Crippen LogP contribution in [0.15, 0.2) is 30.3 Å². The van der Waals surface area contributed by atoms with Crippen LogP contribution in [0.25, 0.3) is 0 Å². The summed E-state index contributed by atoms with van der Waals surface area (Å²) in [6.45, 7) is 0.960. The van der Waals surface area contributed by atoms with Crippen LogP contribution in [0.1, 0.15) is 46.9 Å². The molecule has 2 aromatic rings. The molecule has 0 aromatic heterocycles. The van der Waals surface area contributed by atoms with E-state index in [4.69, 9.17) is 37.9 Å². The molecule has 38 heavy (non-hydrogen) atoms. The van der Waals surface area contributed by atoms with Crippen LogP contribution in [0.5, 0.6) is 23.0 Å². The molecule has 1 N–H and O–H groups in total. The Labute approximate surface area is 220 Å². The SMILES string of the molecule is COc1ccc(C(=O)O[C@H]2C[C@]34CCN[C@@]35C[C@H](O[C@]5(OC)[C@H]2OC)c2cc3c(cc24)OCO3)cc1OC. The molecule has 2 saturated heterocycles. The van der Waals surface area contributed by atoms with Crippen LogP contribution in [-0.4, -0.2) is 71.3 Å². The van der Waals surface area contributed by atoms with Crippen molar-refractivity contribution in [1.82, 2.24) is 5.32 Å². The highest BCUT2D eigenvalue weighted by Crippen LogP contribution is 2.70. The molecule has 0 unspecified atom stereocenters. The molecular formula is C28H31NO9. The second-order valence-corrected chi connectivity index (χ2v) is 10.5. The molecule has 10 heteroatoms. The Bertz CT molecular complexity index is 1320. The summed E-state index contributed by atoms with van der Waals surface area (Å²) < 4.78 is 47.6. The standard InChI is InChI=1S/C28H31NO9/c1-31-18-6-5-15(9-19(18)32-2)25(30)37-23-12-26-7-8-29-27(26)13-22(38-28(27,34-4)24(23)33-3)16-10-20-21(11-17(16)26)36-14-35-20/h5-6,9-11,22-24,29H,7-8,12-14H2,1-4H3/t22-,23-,24-,26-,27-,28+/m0/s1. The third kappa shape index (κ3) is 2.78. The van der Waals surface area contributed by atoms with Crippen molar-refractivity contribution < 1.29 is 42.7 Å². The Kier molecular flexibility index (Phi) is 5.20. The summed E-state index contributed by atoms with van der Waals surface area (Å²) >= 11 is 0. The van der Waals surface area contributed by atoms with Gasteiger partial charge in [-0.3, -0.25) is 0 Å². The van der Waals surface area contributed by atoms with Crippen LogP contribution in [0.2, 0.25) is 0 Å².